The Morgan fingerprint density at radius 1 is 0.903 bits per heavy atom. The van der Waals surface area contributed by atoms with Crippen LogP contribution in [0.4, 0.5) is 0 Å². The summed E-state index contributed by atoms with van der Waals surface area (Å²) in [4.78, 5) is 38.0. The summed E-state index contributed by atoms with van der Waals surface area (Å²) >= 11 is 0. The highest BCUT2D eigenvalue weighted by molar-refractivity contribution is 6.10. The molecule has 160 valence electrons. The van der Waals surface area contributed by atoms with Crippen LogP contribution in [0, 0.1) is 23.2 Å². The van der Waals surface area contributed by atoms with E-state index in [1.165, 1.54) is 0 Å². The fourth-order valence-electron chi connectivity index (χ4n) is 4.13. The molecule has 0 radical (unpaired) electrons. The Kier molecular flexibility index (Phi) is 7.94. The summed E-state index contributed by atoms with van der Waals surface area (Å²) in [6.45, 7) is 0.164. The molecule has 2 N–H and O–H groups in total. The van der Waals surface area contributed by atoms with Gasteiger partial charge in [-0.05, 0) is 30.9 Å². The molecule has 0 aliphatic heterocycles. The molecule has 6 nitrogen and oxygen atoms in total. The predicted octanol–water partition coefficient (Wildman–Crippen LogP) is 3.48. The van der Waals surface area contributed by atoms with Crippen LogP contribution in [-0.4, -0.2) is 30.7 Å². The van der Waals surface area contributed by atoms with Crippen molar-refractivity contribution >= 4 is 17.6 Å². The summed E-state index contributed by atoms with van der Waals surface area (Å²) in [5.74, 6) is -0.838. The van der Waals surface area contributed by atoms with Gasteiger partial charge in [0, 0.05) is 23.2 Å². The molecule has 1 saturated carbocycles. The molecule has 1 atom stereocenters. The van der Waals surface area contributed by atoms with E-state index in [9.17, 15) is 14.4 Å². The van der Waals surface area contributed by atoms with Gasteiger partial charge in [-0.3, -0.25) is 14.4 Å². The molecular formula is C25H27N3O3. The average Bonchev–Trinajstić information content (AvgIpc) is 2.83. The van der Waals surface area contributed by atoms with E-state index in [0.29, 0.717) is 16.7 Å². The Morgan fingerprint density at radius 3 is 2.29 bits per heavy atom. The summed E-state index contributed by atoms with van der Waals surface area (Å²) in [7, 11) is 0. The van der Waals surface area contributed by atoms with Crippen LogP contribution in [-0.2, 0) is 4.79 Å². The van der Waals surface area contributed by atoms with Crippen LogP contribution in [0.25, 0.3) is 0 Å². The number of hydrogen-bond acceptors (Lipinski definition) is 4. The number of nitrogens with zero attached hydrogens (tertiary/aromatic N) is 1. The maximum atomic E-state index is 12.8. The maximum Gasteiger partial charge on any atom is 0.251 e. The molecule has 1 fully saturated rings. The van der Waals surface area contributed by atoms with Crippen molar-refractivity contribution in [3.8, 4) is 6.07 Å². The quantitative estimate of drug-likeness (QED) is 0.507. The number of hydrogen-bond donors (Lipinski definition) is 2. The summed E-state index contributed by atoms with van der Waals surface area (Å²) in [6, 6.07) is 17.5. The van der Waals surface area contributed by atoms with E-state index in [-0.39, 0.29) is 42.5 Å². The summed E-state index contributed by atoms with van der Waals surface area (Å²) in [6.07, 6.45) is 5.20. The van der Waals surface area contributed by atoms with Crippen molar-refractivity contribution in [2.24, 2.45) is 11.8 Å². The fraction of sp³-hybridized carbons (Fsp3) is 0.360. The number of benzene rings is 2. The van der Waals surface area contributed by atoms with Crippen LogP contribution in [0.15, 0.2) is 54.6 Å². The van der Waals surface area contributed by atoms with E-state index in [1.54, 1.807) is 48.5 Å². The number of rotatable bonds is 8. The monoisotopic (exact) mass is 417 g/mol. The van der Waals surface area contributed by atoms with E-state index in [2.05, 4.69) is 10.6 Å². The topological polar surface area (TPSA) is 99.1 Å². The van der Waals surface area contributed by atoms with Crippen molar-refractivity contribution in [3.63, 3.8) is 0 Å². The number of ketones is 1. The second-order valence-electron chi connectivity index (χ2n) is 7.87. The van der Waals surface area contributed by atoms with Crippen LogP contribution < -0.4 is 10.6 Å². The molecule has 0 heterocycles. The van der Waals surface area contributed by atoms with Crippen LogP contribution in [0.3, 0.4) is 0 Å². The minimum absolute atomic E-state index is 0.0420. The number of amides is 2. The number of carbonyl (C=O) groups excluding carboxylic acids is 3. The van der Waals surface area contributed by atoms with Gasteiger partial charge >= 0.3 is 0 Å². The molecule has 6 heteroatoms. The van der Waals surface area contributed by atoms with Gasteiger partial charge in [0.15, 0.2) is 5.78 Å². The van der Waals surface area contributed by atoms with Gasteiger partial charge in [0.25, 0.3) is 5.91 Å². The fourth-order valence-corrected chi connectivity index (χ4v) is 4.13. The molecule has 2 aromatic carbocycles. The van der Waals surface area contributed by atoms with Gasteiger partial charge in [0.2, 0.25) is 5.91 Å². The summed E-state index contributed by atoms with van der Waals surface area (Å²) < 4.78 is 0. The highest BCUT2D eigenvalue weighted by Gasteiger charge is 2.29. The Labute approximate surface area is 182 Å². The van der Waals surface area contributed by atoms with E-state index >= 15 is 0 Å². The lowest BCUT2D eigenvalue weighted by molar-refractivity contribution is -0.126. The second-order valence-corrected chi connectivity index (χ2v) is 7.87. The zero-order valence-corrected chi connectivity index (χ0v) is 17.5. The van der Waals surface area contributed by atoms with Crippen molar-refractivity contribution in [1.82, 2.24) is 10.6 Å². The maximum absolute atomic E-state index is 12.8. The van der Waals surface area contributed by atoms with Crippen molar-refractivity contribution in [1.29, 1.82) is 5.26 Å². The van der Waals surface area contributed by atoms with Gasteiger partial charge in [-0.1, -0.05) is 61.7 Å². The van der Waals surface area contributed by atoms with Crippen molar-refractivity contribution < 1.29 is 14.4 Å². The van der Waals surface area contributed by atoms with Gasteiger partial charge < -0.3 is 10.6 Å². The third-order valence-corrected chi connectivity index (χ3v) is 5.80. The van der Waals surface area contributed by atoms with Crippen LogP contribution in [0.2, 0.25) is 0 Å². The van der Waals surface area contributed by atoms with Gasteiger partial charge in [-0.15, -0.1) is 0 Å². The molecule has 0 spiro atoms. The molecule has 1 unspecified atom stereocenters. The summed E-state index contributed by atoms with van der Waals surface area (Å²) in [5, 5.41) is 14.3. The molecule has 3 rings (SSSR count). The number of carbonyl (C=O) groups is 3. The lowest BCUT2D eigenvalue weighted by Gasteiger charge is -2.29. The summed E-state index contributed by atoms with van der Waals surface area (Å²) in [5.41, 5.74) is 1.38. The third kappa shape index (κ3) is 6.02. The van der Waals surface area contributed by atoms with E-state index < -0.39 is 0 Å². The first-order chi connectivity index (χ1) is 15.1. The van der Waals surface area contributed by atoms with Crippen LogP contribution in [0.5, 0.6) is 0 Å². The van der Waals surface area contributed by atoms with Crippen molar-refractivity contribution in [2.45, 2.75) is 32.1 Å². The smallest absolute Gasteiger partial charge is 0.251 e. The van der Waals surface area contributed by atoms with Gasteiger partial charge in [-0.2, -0.15) is 5.26 Å². The predicted molar refractivity (Wildman–Crippen MR) is 117 cm³/mol. The molecular weight excluding hydrogens is 390 g/mol. The first kappa shape index (κ1) is 22.2. The molecule has 1 aliphatic rings. The lowest BCUT2D eigenvalue weighted by Crippen LogP contribution is -2.43. The minimum Gasteiger partial charge on any atom is -0.351 e. The average molecular weight is 418 g/mol. The molecule has 31 heavy (non-hydrogen) atoms. The first-order valence-corrected chi connectivity index (χ1v) is 10.7. The largest absolute Gasteiger partial charge is 0.351 e. The normalized spacial score (nSPS) is 14.8. The minimum atomic E-state index is -0.369. The molecule has 2 amide bonds. The molecule has 0 aromatic heterocycles. The number of nitrogens with one attached hydrogen (secondary N) is 2. The second kappa shape index (κ2) is 11.1. The third-order valence-electron chi connectivity index (χ3n) is 5.80. The van der Waals surface area contributed by atoms with Gasteiger partial charge in [0.1, 0.15) is 6.54 Å². The lowest BCUT2D eigenvalue weighted by atomic mass is 9.79. The van der Waals surface area contributed by atoms with E-state index in [0.717, 1.165) is 32.1 Å². The van der Waals surface area contributed by atoms with Gasteiger partial charge in [0.05, 0.1) is 12.0 Å². The van der Waals surface area contributed by atoms with Crippen molar-refractivity contribution in [3.05, 3.63) is 71.3 Å². The Hall–Kier alpha value is -3.46. The van der Waals surface area contributed by atoms with E-state index in [1.807, 2.05) is 12.1 Å². The molecule has 2 aromatic rings. The zero-order chi connectivity index (χ0) is 22.1. The SMILES string of the molecule is N#CCNC(=O)C(CNC(=O)c1cccc(C(=O)c2ccccc2)c1)C1CCCCC1. The zero-order valence-electron chi connectivity index (χ0n) is 17.5. The van der Waals surface area contributed by atoms with Crippen LogP contribution in [0.1, 0.15) is 58.4 Å². The van der Waals surface area contributed by atoms with Crippen LogP contribution >= 0.6 is 0 Å². The standard InChI is InChI=1S/C25H27N3O3/c26-14-15-27-25(31)22(18-8-3-1-4-9-18)17-28-24(30)21-13-7-12-20(16-21)23(29)19-10-5-2-6-11-19/h2,5-7,10-13,16,18,22H,1,3-4,8-9,15,17H2,(H,27,31)(H,28,30). The Bertz CT molecular complexity index is 959. The Morgan fingerprint density at radius 2 is 1.58 bits per heavy atom. The molecule has 0 saturated heterocycles. The Balaban J connectivity index is 1.68. The number of nitriles is 1. The van der Waals surface area contributed by atoms with Crippen molar-refractivity contribution in [2.75, 3.05) is 13.1 Å². The van der Waals surface area contributed by atoms with Gasteiger partial charge in [-0.25, -0.2) is 0 Å². The first-order valence-electron chi connectivity index (χ1n) is 10.7. The highest BCUT2D eigenvalue weighted by atomic mass is 16.2. The molecule has 0 bridgehead atoms. The highest BCUT2D eigenvalue weighted by Crippen LogP contribution is 2.30. The van der Waals surface area contributed by atoms with E-state index in [4.69, 9.17) is 5.26 Å². The molecule has 1 aliphatic carbocycles.